The summed E-state index contributed by atoms with van der Waals surface area (Å²) in [4.78, 5) is 13.3. The van der Waals surface area contributed by atoms with Crippen molar-refractivity contribution in [2.75, 3.05) is 20.2 Å². The van der Waals surface area contributed by atoms with Crippen molar-refractivity contribution in [1.29, 1.82) is 0 Å². The third kappa shape index (κ3) is 5.97. The number of unbranched alkanes of at least 4 members (excludes halogenated alkanes) is 1. The number of ether oxygens (including phenoxy) is 1. The maximum atomic E-state index is 11.3. The molecule has 14 heavy (non-hydrogen) atoms. The van der Waals surface area contributed by atoms with Gasteiger partial charge in [0, 0.05) is 6.04 Å². The van der Waals surface area contributed by atoms with Gasteiger partial charge in [0.15, 0.2) is 0 Å². The number of hydrogen-bond donors (Lipinski definition) is 0. The van der Waals surface area contributed by atoms with Crippen molar-refractivity contribution < 1.29 is 9.53 Å². The Morgan fingerprint density at radius 3 is 2.57 bits per heavy atom. The molecule has 1 unspecified atom stereocenters. The molecule has 0 rings (SSSR count). The van der Waals surface area contributed by atoms with Gasteiger partial charge in [-0.2, -0.15) is 0 Å². The standard InChI is InChI=1S/C11H23NO2/c1-5-7-8-14-11(13)9-12(4)10(3)6-2/h10H,5-9H2,1-4H3. The van der Waals surface area contributed by atoms with E-state index in [0.717, 1.165) is 19.3 Å². The summed E-state index contributed by atoms with van der Waals surface area (Å²) in [5, 5.41) is 0. The summed E-state index contributed by atoms with van der Waals surface area (Å²) >= 11 is 0. The van der Waals surface area contributed by atoms with Crippen LogP contribution in [0.25, 0.3) is 0 Å². The molecule has 0 aliphatic carbocycles. The summed E-state index contributed by atoms with van der Waals surface area (Å²) in [7, 11) is 1.95. The van der Waals surface area contributed by atoms with Gasteiger partial charge in [0.05, 0.1) is 13.2 Å². The molecule has 0 saturated carbocycles. The van der Waals surface area contributed by atoms with E-state index in [1.165, 1.54) is 0 Å². The number of carbonyl (C=O) groups is 1. The third-order valence-electron chi connectivity index (χ3n) is 2.48. The highest BCUT2D eigenvalue weighted by molar-refractivity contribution is 5.71. The van der Waals surface area contributed by atoms with Crippen LogP contribution in [0.1, 0.15) is 40.0 Å². The zero-order valence-electron chi connectivity index (χ0n) is 9.88. The number of esters is 1. The quantitative estimate of drug-likeness (QED) is 0.466. The van der Waals surface area contributed by atoms with Crippen LogP contribution in [0.2, 0.25) is 0 Å². The first-order valence-electron chi connectivity index (χ1n) is 5.47. The second kappa shape index (κ2) is 7.80. The lowest BCUT2D eigenvalue weighted by molar-refractivity contribution is -0.145. The molecule has 1 atom stereocenters. The SMILES string of the molecule is CCCCOC(=O)CN(C)C(C)CC. The van der Waals surface area contributed by atoms with Crippen LogP contribution in [-0.2, 0) is 9.53 Å². The fraction of sp³-hybridized carbons (Fsp3) is 0.909. The minimum Gasteiger partial charge on any atom is -0.465 e. The maximum absolute atomic E-state index is 11.3. The Morgan fingerprint density at radius 2 is 2.07 bits per heavy atom. The average molecular weight is 201 g/mol. The Labute approximate surface area is 87.4 Å². The molecule has 0 bridgehead atoms. The van der Waals surface area contributed by atoms with Gasteiger partial charge in [-0.3, -0.25) is 9.69 Å². The lowest BCUT2D eigenvalue weighted by Gasteiger charge is -2.22. The summed E-state index contributed by atoms with van der Waals surface area (Å²) in [5.74, 6) is -0.110. The van der Waals surface area contributed by atoms with Gasteiger partial charge in [-0.05, 0) is 26.8 Å². The number of likely N-dealkylation sites (N-methyl/N-ethyl adjacent to an activating group) is 1. The number of hydrogen-bond acceptors (Lipinski definition) is 3. The first-order chi connectivity index (χ1) is 6.61. The van der Waals surface area contributed by atoms with Crippen molar-refractivity contribution in [1.82, 2.24) is 4.90 Å². The van der Waals surface area contributed by atoms with Crippen LogP contribution in [0.5, 0.6) is 0 Å². The molecule has 0 amide bonds. The molecule has 0 aromatic heterocycles. The van der Waals surface area contributed by atoms with E-state index in [1.807, 2.05) is 11.9 Å². The Morgan fingerprint density at radius 1 is 1.43 bits per heavy atom. The first kappa shape index (κ1) is 13.4. The van der Waals surface area contributed by atoms with Gasteiger partial charge < -0.3 is 4.74 Å². The van der Waals surface area contributed by atoms with Gasteiger partial charge in [0.2, 0.25) is 0 Å². The summed E-state index contributed by atoms with van der Waals surface area (Å²) in [6.07, 6.45) is 3.08. The fourth-order valence-electron chi connectivity index (χ4n) is 1.05. The summed E-state index contributed by atoms with van der Waals surface area (Å²) in [5.41, 5.74) is 0. The van der Waals surface area contributed by atoms with Gasteiger partial charge >= 0.3 is 5.97 Å². The minimum atomic E-state index is -0.110. The lowest BCUT2D eigenvalue weighted by Crippen LogP contribution is -2.34. The summed E-state index contributed by atoms with van der Waals surface area (Å²) in [6, 6.07) is 0.439. The highest BCUT2D eigenvalue weighted by Gasteiger charge is 2.11. The smallest absolute Gasteiger partial charge is 0.320 e. The number of rotatable bonds is 7. The van der Waals surface area contributed by atoms with E-state index in [2.05, 4.69) is 20.8 Å². The van der Waals surface area contributed by atoms with Gasteiger partial charge in [-0.1, -0.05) is 20.3 Å². The van der Waals surface area contributed by atoms with E-state index in [9.17, 15) is 4.79 Å². The number of nitrogens with zero attached hydrogens (tertiary/aromatic N) is 1. The second-order valence-corrected chi connectivity index (χ2v) is 3.75. The van der Waals surface area contributed by atoms with Gasteiger partial charge in [0.25, 0.3) is 0 Å². The molecule has 0 saturated heterocycles. The molecule has 0 aromatic rings. The molecular weight excluding hydrogens is 178 g/mol. The van der Waals surface area contributed by atoms with Crippen LogP contribution in [0.4, 0.5) is 0 Å². The van der Waals surface area contributed by atoms with E-state index in [4.69, 9.17) is 4.74 Å². The largest absolute Gasteiger partial charge is 0.465 e. The summed E-state index contributed by atoms with van der Waals surface area (Å²) < 4.78 is 5.07. The predicted octanol–water partition coefficient (Wildman–Crippen LogP) is 2.06. The van der Waals surface area contributed by atoms with Crippen LogP contribution in [0, 0.1) is 0 Å². The van der Waals surface area contributed by atoms with Crippen LogP contribution >= 0.6 is 0 Å². The highest BCUT2D eigenvalue weighted by Crippen LogP contribution is 2.00. The molecule has 3 nitrogen and oxygen atoms in total. The average Bonchev–Trinajstić information content (AvgIpc) is 2.16. The van der Waals surface area contributed by atoms with E-state index in [1.54, 1.807) is 0 Å². The molecule has 0 radical (unpaired) electrons. The van der Waals surface area contributed by atoms with Crippen molar-refractivity contribution in [3.63, 3.8) is 0 Å². The second-order valence-electron chi connectivity index (χ2n) is 3.75. The predicted molar refractivity (Wildman–Crippen MR) is 58.3 cm³/mol. The van der Waals surface area contributed by atoms with Crippen LogP contribution in [-0.4, -0.2) is 37.1 Å². The topological polar surface area (TPSA) is 29.5 Å². The molecular formula is C11H23NO2. The number of carbonyl (C=O) groups excluding carboxylic acids is 1. The van der Waals surface area contributed by atoms with E-state index in [-0.39, 0.29) is 5.97 Å². The van der Waals surface area contributed by atoms with Crippen molar-refractivity contribution in [2.45, 2.75) is 46.1 Å². The van der Waals surface area contributed by atoms with E-state index < -0.39 is 0 Å². The molecule has 0 aliphatic rings. The Hall–Kier alpha value is -0.570. The van der Waals surface area contributed by atoms with Crippen LogP contribution in [0.15, 0.2) is 0 Å². The monoisotopic (exact) mass is 201 g/mol. The van der Waals surface area contributed by atoms with E-state index >= 15 is 0 Å². The molecule has 0 spiro atoms. The van der Waals surface area contributed by atoms with Crippen molar-refractivity contribution in [2.24, 2.45) is 0 Å². The normalized spacial score (nSPS) is 12.9. The third-order valence-corrected chi connectivity index (χ3v) is 2.48. The molecule has 0 N–H and O–H groups in total. The zero-order chi connectivity index (χ0) is 11.0. The molecule has 0 fully saturated rings. The Kier molecular flexibility index (Phi) is 7.48. The van der Waals surface area contributed by atoms with E-state index in [0.29, 0.717) is 19.2 Å². The Bertz CT molecular complexity index is 159. The maximum Gasteiger partial charge on any atom is 0.320 e. The van der Waals surface area contributed by atoms with Gasteiger partial charge in [-0.25, -0.2) is 0 Å². The molecule has 3 heteroatoms. The first-order valence-corrected chi connectivity index (χ1v) is 5.47. The highest BCUT2D eigenvalue weighted by atomic mass is 16.5. The fourth-order valence-corrected chi connectivity index (χ4v) is 1.05. The molecule has 84 valence electrons. The van der Waals surface area contributed by atoms with Crippen LogP contribution < -0.4 is 0 Å². The van der Waals surface area contributed by atoms with Gasteiger partial charge in [-0.15, -0.1) is 0 Å². The van der Waals surface area contributed by atoms with Crippen LogP contribution in [0.3, 0.4) is 0 Å². The van der Waals surface area contributed by atoms with Crippen molar-refractivity contribution >= 4 is 5.97 Å². The zero-order valence-corrected chi connectivity index (χ0v) is 9.88. The minimum absolute atomic E-state index is 0.110. The molecule has 0 aliphatic heterocycles. The lowest BCUT2D eigenvalue weighted by atomic mass is 10.2. The Balaban J connectivity index is 3.60. The molecule has 0 heterocycles. The van der Waals surface area contributed by atoms with Crippen molar-refractivity contribution in [3.8, 4) is 0 Å². The van der Waals surface area contributed by atoms with Gasteiger partial charge in [0.1, 0.15) is 0 Å². The summed E-state index contributed by atoms with van der Waals surface area (Å²) in [6.45, 7) is 7.27. The van der Waals surface area contributed by atoms with Crippen molar-refractivity contribution in [3.05, 3.63) is 0 Å². The molecule has 0 aromatic carbocycles.